The van der Waals surface area contributed by atoms with Crippen molar-refractivity contribution < 1.29 is 13.6 Å². The molecule has 6 nitrogen and oxygen atoms in total. The van der Waals surface area contributed by atoms with Gasteiger partial charge in [-0.2, -0.15) is 4.31 Å². The Morgan fingerprint density at radius 1 is 1.55 bits per heavy atom. The quantitative estimate of drug-likeness (QED) is 0.340. The molecule has 0 aliphatic carbocycles. The molecule has 0 spiro atoms. The predicted octanol–water partition coefficient (Wildman–Crippen LogP) is 2.25. The monoisotopic (exact) mass is 383 g/mol. The number of halogens is 2. The van der Waals surface area contributed by atoms with Crippen LogP contribution in [0.3, 0.4) is 0 Å². The van der Waals surface area contributed by atoms with Gasteiger partial charge >= 0.3 is 0 Å². The minimum atomic E-state index is -3.81. The van der Waals surface area contributed by atoms with Crippen LogP contribution in [-0.2, 0) is 10.0 Å². The summed E-state index contributed by atoms with van der Waals surface area (Å²) in [5.41, 5.74) is 5.39. The Morgan fingerprint density at radius 3 is 2.70 bits per heavy atom. The van der Waals surface area contributed by atoms with Gasteiger partial charge in [-0.3, -0.25) is 0 Å². The number of hydrogen-bond donors (Lipinski definition) is 2. The summed E-state index contributed by atoms with van der Waals surface area (Å²) in [6, 6.07) is 4.51. The molecule has 0 heterocycles. The maximum absolute atomic E-state index is 12.5. The van der Waals surface area contributed by atoms with E-state index in [4.69, 9.17) is 22.5 Å². The van der Waals surface area contributed by atoms with E-state index in [0.29, 0.717) is 10.9 Å². The minimum Gasteiger partial charge on any atom is -0.409 e. The molecular formula is C11H15BrClN3O3S. The van der Waals surface area contributed by atoms with Gasteiger partial charge in [0.1, 0.15) is 4.90 Å². The summed E-state index contributed by atoms with van der Waals surface area (Å²) >= 11 is 9.20. The van der Waals surface area contributed by atoms with Crippen molar-refractivity contribution in [3.8, 4) is 0 Å². The topological polar surface area (TPSA) is 96.0 Å². The highest BCUT2D eigenvalue weighted by Gasteiger charge is 2.27. The highest BCUT2D eigenvalue weighted by molar-refractivity contribution is 9.10. The summed E-state index contributed by atoms with van der Waals surface area (Å²) in [6.07, 6.45) is 0.589. The summed E-state index contributed by atoms with van der Waals surface area (Å²) in [5, 5.41) is 11.5. The Hall–Kier alpha value is -0.830. The lowest BCUT2D eigenvalue weighted by Gasteiger charge is -2.21. The molecule has 0 aromatic heterocycles. The van der Waals surface area contributed by atoms with Crippen molar-refractivity contribution in [2.75, 3.05) is 13.1 Å². The lowest BCUT2D eigenvalue weighted by molar-refractivity contribution is 0.314. The second kappa shape index (κ2) is 7.26. The highest BCUT2D eigenvalue weighted by Crippen LogP contribution is 2.27. The van der Waals surface area contributed by atoms with E-state index in [2.05, 4.69) is 21.1 Å². The van der Waals surface area contributed by atoms with Crippen LogP contribution < -0.4 is 5.73 Å². The first-order chi connectivity index (χ1) is 9.32. The largest absolute Gasteiger partial charge is 0.409 e. The second-order valence-corrected chi connectivity index (χ2v) is 7.23. The molecule has 20 heavy (non-hydrogen) atoms. The summed E-state index contributed by atoms with van der Waals surface area (Å²) in [7, 11) is -3.81. The van der Waals surface area contributed by atoms with E-state index >= 15 is 0 Å². The molecule has 0 atom stereocenters. The molecule has 0 saturated heterocycles. The summed E-state index contributed by atoms with van der Waals surface area (Å²) in [6.45, 7) is 1.88. The van der Waals surface area contributed by atoms with Gasteiger partial charge in [0.05, 0.1) is 11.6 Å². The maximum atomic E-state index is 12.5. The van der Waals surface area contributed by atoms with E-state index in [1.54, 1.807) is 6.07 Å². The SMILES string of the molecule is CCCN(CC(N)=NO)S(=O)(=O)c1ccc(Br)cc1Cl. The van der Waals surface area contributed by atoms with Gasteiger partial charge in [0.15, 0.2) is 5.84 Å². The molecule has 0 fully saturated rings. The Balaban J connectivity index is 3.22. The molecule has 112 valence electrons. The van der Waals surface area contributed by atoms with Crippen LogP contribution in [0.15, 0.2) is 32.7 Å². The average Bonchev–Trinajstić information content (AvgIpc) is 2.37. The van der Waals surface area contributed by atoms with Crippen molar-refractivity contribution in [3.05, 3.63) is 27.7 Å². The van der Waals surface area contributed by atoms with Crippen LogP contribution in [0.2, 0.25) is 5.02 Å². The normalized spacial score (nSPS) is 12.9. The van der Waals surface area contributed by atoms with E-state index in [1.165, 1.54) is 12.1 Å². The standard InChI is InChI=1S/C11H15BrClN3O3S/c1-2-5-16(7-11(14)15-17)20(18,19)10-4-3-8(12)6-9(10)13/h3-4,6,17H,2,5,7H2,1H3,(H2,14,15). The van der Waals surface area contributed by atoms with Crippen LogP contribution in [-0.4, -0.2) is 36.9 Å². The first-order valence-electron chi connectivity index (χ1n) is 5.74. The van der Waals surface area contributed by atoms with Crippen LogP contribution in [0.5, 0.6) is 0 Å². The highest BCUT2D eigenvalue weighted by atomic mass is 79.9. The number of nitrogens with two attached hydrogens (primary N) is 1. The third kappa shape index (κ3) is 4.08. The van der Waals surface area contributed by atoms with Gasteiger partial charge in [0.2, 0.25) is 10.0 Å². The predicted molar refractivity (Wildman–Crippen MR) is 81.6 cm³/mol. The van der Waals surface area contributed by atoms with Crippen molar-refractivity contribution in [1.29, 1.82) is 0 Å². The smallest absolute Gasteiger partial charge is 0.244 e. The fraction of sp³-hybridized carbons (Fsp3) is 0.364. The summed E-state index contributed by atoms with van der Waals surface area (Å²) < 4.78 is 26.9. The molecular weight excluding hydrogens is 370 g/mol. The first kappa shape index (κ1) is 17.2. The lowest BCUT2D eigenvalue weighted by Crippen LogP contribution is -2.39. The molecule has 9 heteroatoms. The zero-order chi connectivity index (χ0) is 15.3. The lowest BCUT2D eigenvalue weighted by atomic mass is 10.4. The fourth-order valence-electron chi connectivity index (χ4n) is 1.57. The molecule has 0 aliphatic heterocycles. The Labute approximate surface area is 131 Å². The van der Waals surface area contributed by atoms with Crippen LogP contribution >= 0.6 is 27.5 Å². The van der Waals surface area contributed by atoms with Crippen LogP contribution in [0, 0.1) is 0 Å². The number of rotatable bonds is 6. The first-order valence-corrected chi connectivity index (χ1v) is 8.35. The van der Waals surface area contributed by atoms with Crippen LogP contribution in [0.25, 0.3) is 0 Å². The average molecular weight is 385 g/mol. The number of oxime groups is 1. The molecule has 3 N–H and O–H groups in total. The number of nitrogens with zero attached hydrogens (tertiary/aromatic N) is 2. The number of hydrogen-bond acceptors (Lipinski definition) is 4. The minimum absolute atomic E-state index is 0.0124. The Bertz CT molecular complexity index is 607. The molecule has 0 bridgehead atoms. The van der Waals surface area contributed by atoms with E-state index in [1.807, 2.05) is 6.92 Å². The molecule has 1 aromatic rings. The molecule has 1 rings (SSSR count). The molecule has 0 saturated carbocycles. The second-order valence-electron chi connectivity index (χ2n) is 4.00. The van der Waals surface area contributed by atoms with Gasteiger partial charge < -0.3 is 10.9 Å². The number of benzene rings is 1. The number of amidine groups is 1. The van der Waals surface area contributed by atoms with Gasteiger partial charge in [-0.25, -0.2) is 8.42 Å². The Kier molecular flexibility index (Phi) is 6.25. The van der Waals surface area contributed by atoms with Gasteiger partial charge in [0.25, 0.3) is 0 Å². The maximum Gasteiger partial charge on any atom is 0.244 e. The van der Waals surface area contributed by atoms with Gasteiger partial charge in [-0.1, -0.05) is 39.6 Å². The van der Waals surface area contributed by atoms with E-state index in [9.17, 15) is 8.42 Å². The van der Waals surface area contributed by atoms with Gasteiger partial charge in [0, 0.05) is 11.0 Å². The summed E-state index contributed by atoms with van der Waals surface area (Å²) in [5.74, 6) is -0.185. The van der Waals surface area contributed by atoms with Crippen molar-refractivity contribution in [1.82, 2.24) is 4.31 Å². The summed E-state index contributed by atoms with van der Waals surface area (Å²) in [4.78, 5) is -0.0124. The van der Waals surface area contributed by atoms with E-state index in [0.717, 1.165) is 4.31 Å². The van der Waals surface area contributed by atoms with Crippen LogP contribution in [0.4, 0.5) is 0 Å². The third-order valence-corrected chi connectivity index (χ3v) is 5.27. The van der Waals surface area contributed by atoms with Crippen molar-refractivity contribution in [2.45, 2.75) is 18.2 Å². The van der Waals surface area contributed by atoms with Crippen LogP contribution in [0.1, 0.15) is 13.3 Å². The Morgan fingerprint density at radius 2 is 2.20 bits per heavy atom. The molecule has 0 aliphatic rings. The van der Waals surface area contributed by atoms with Crippen molar-refractivity contribution in [3.63, 3.8) is 0 Å². The van der Waals surface area contributed by atoms with E-state index in [-0.39, 0.29) is 28.8 Å². The fourth-order valence-corrected chi connectivity index (χ4v) is 4.08. The molecule has 0 amide bonds. The van der Waals surface area contributed by atoms with Gasteiger partial charge in [-0.05, 0) is 24.6 Å². The zero-order valence-corrected chi connectivity index (χ0v) is 13.9. The van der Waals surface area contributed by atoms with Crippen molar-refractivity contribution >= 4 is 43.4 Å². The molecule has 1 aromatic carbocycles. The van der Waals surface area contributed by atoms with Gasteiger partial charge in [-0.15, -0.1) is 0 Å². The number of sulfonamides is 1. The van der Waals surface area contributed by atoms with Crippen molar-refractivity contribution in [2.24, 2.45) is 10.9 Å². The third-order valence-electron chi connectivity index (χ3n) is 2.45. The molecule has 0 radical (unpaired) electrons. The zero-order valence-electron chi connectivity index (χ0n) is 10.8. The molecule has 0 unspecified atom stereocenters. The van der Waals surface area contributed by atoms with E-state index < -0.39 is 10.0 Å².